The highest BCUT2D eigenvalue weighted by atomic mass is 16.6. The molecule has 0 bridgehead atoms. The van der Waals surface area contributed by atoms with E-state index in [1.807, 2.05) is 6.92 Å². The molecule has 0 fully saturated rings. The number of nitro groups is 1. The van der Waals surface area contributed by atoms with Crippen LogP contribution in [0.5, 0.6) is 0 Å². The maximum Gasteiger partial charge on any atom is 0.269 e. The Morgan fingerprint density at radius 3 is 2.12 bits per heavy atom. The van der Waals surface area contributed by atoms with Gasteiger partial charge in [-0.25, -0.2) is 0 Å². The maximum absolute atomic E-state index is 10.5. The summed E-state index contributed by atoms with van der Waals surface area (Å²) in [6, 6.07) is 0. The second-order valence-corrected chi connectivity index (χ2v) is 3.26. The summed E-state index contributed by atoms with van der Waals surface area (Å²) in [6.45, 7) is 16.3. The molecule has 0 aliphatic heterocycles. The molecular weight excluding hydrogens is 202 g/mol. The van der Waals surface area contributed by atoms with Crippen molar-refractivity contribution in [1.82, 2.24) is 0 Å². The van der Waals surface area contributed by atoms with Gasteiger partial charge in [-0.1, -0.05) is 44.0 Å². The first-order valence-corrected chi connectivity index (χ1v) is 4.58. The molecule has 0 saturated heterocycles. The quantitative estimate of drug-likeness (QED) is 0.387. The van der Waals surface area contributed by atoms with Gasteiger partial charge in [-0.15, -0.1) is 0 Å². The summed E-state index contributed by atoms with van der Waals surface area (Å²) in [7, 11) is 0. The molecule has 0 atom stereocenters. The van der Waals surface area contributed by atoms with Gasteiger partial charge in [0.25, 0.3) is 5.70 Å². The largest absolute Gasteiger partial charge is 0.269 e. The average Bonchev–Trinajstić information content (AvgIpc) is 2.21. The van der Waals surface area contributed by atoms with Crippen molar-refractivity contribution < 1.29 is 4.92 Å². The van der Waals surface area contributed by atoms with E-state index in [1.165, 1.54) is 12.2 Å². The van der Waals surface area contributed by atoms with Gasteiger partial charge in [-0.05, 0) is 18.1 Å². The van der Waals surface area contributed by atoms with Crippen LogP contribution >= 0.6 is 0 Å². The fourth-order valence-electron chi connectivity index (χ4n) is 0.807. The Kier molecular flexibility index (Phi) is 5.49. The second kappa shape index (κ2) is 6.35. The van der Waals surface area contributed by atoms with Gasteiger partial charge in [0.05, 0.1) is 4.92 Å². The van der Waals surface area contributed by atoms with Crippen LogP contribution in [-0.4, -0.2) is 4.92 Å². The Morgan fingerprint density at radius 2 is 1.75 bits per heavy atom. The Balaban J connectivity index is 4.82. The predicted molar refractivity (Wildman–Crippen MR) is 67.5 cm³/mol. The van der Waals surface area contributed by atoms with E-state index in [0.717, 1.165) is 5.57 Å². The van der Waals surface area contributed by atoms with E-state index >= 15 is 0 Å². The van der Waals surface area contributed by atoms with Gasteiger partial charge in [-0.2, -0.15) is 0 Å². The van der Waals surface area contributed by atoms with E-state index < -0.39 is 4.92 Å². The predicted octanol–water partition coefficient (Wildman–Crippen LogP) is 3.58. The highest BCUT2D eigenvalue weighted by Gasteiger charge is 2.05. The van der Waals surface area contributed by atoms with Crippen LogP contribution in [0.3, 0.4) is 0 Å². The van der Waals surface area contributed by atoms with Crippen LogP contribution in [0.15, 0.2) is 73.0 Å². The van der Waals surface area contributed by atoms with Crippen molar-refractivity contribution in [2.24, 2.45) is 0 Å². The highest BCUT2D eigenvalue weighted by molar-refractivity contribution is 5.45. The van der Waals surface area contributed by atoms with E-state index in [0.29, 0.717) is 11.1 Å². The minimum Gasteiger partial charge on any atom is -0.258 e. The van der Waals surface area contributed by atoms with Crippen LogP contribution < -0.4 is 0 Å². The van der Waals surface area contributed by atoms with Crippen LogP contribution in [0.1, 0.15) is 6.92 Å². The molecular formula is C13H15NO2. The first kappa shape index (κ1) is 13.8. The highest BCUT2D eigenvalue weighted by Crippen LogP contribution is 2.12. The molecule has 0 aromatic rings. The molecule has 0 saturated carbocycles. The minimum atomic E-state index is -0.520. The SMILES string of the molecule is C=C/C(=C\C(=C)C(=C)/C=C\C(=C)C)[N+](=O)[O-]. The standard InChI is InChI=1S/C13H15NO2/c1-6-13(14(15)16)9-12(5)11(4)8-7-10(2)3/h6-9H,1-2,4-5H2,3H3/b8-7-,13-9+. The van der Waals surface area contributed by atoms with E-state index in [1.54, 1.807) is 12.2 Å². The van der Waals surface area contributed by atoms with Gasteiger partial charge in [-0.3, -0.25) is 10.1 Å². The Hall–Kier alpha value is -2.16. The third kappa shape index (κ3) is 4.91. The first-order valence-electron chi connectivity index (χ1n) is 4.58. The molecule has 3 heteroatoms. The topological polar surface area (TPSA) is 43.1 Å². The van der Waals surface area contributed by atoms with Crippen molar-refractivity contribution in [2.45, 2.75) is 6.92 Å². The first-order chi connectivity index (χ1) is 7.38. The Bertz CT molecular complexity index is 412. The number of allylic oxidation sites excluding steroid dienone is 7. The lowest BCUT2D eigenvalue weighted by Crippen LogP contribution is -1.95. The summed E-state index contributed by atoms with van der Waals surface area (Å²) in [5.74, 6) is 0. The van der Waals surface area contributed by atoms with Crippen LogP contribution in [0.4, 0.5) is 0 Å². The fourth-order valence-corrected chi connectivity index (χ4v) is 0.807. The van der Waals surface area contributed by atoms with Crippen molar-refractivity contribution >= 4 is 0 Å². The van der Waals surface area contributed by atoms with E-state index in [2.05, 4.69) is 26.3 Å². The molecule has 0 aliphatic carbocycles. The molecule has 0 aromatic heterocycles. The zero-order valence-electron chi connectivity index (χ0n) is 9.40. The molecule has 3 nitrogen and oxygen atoms in total. The summed E-state index contributed by atoms with van der Waals surface area (Å²) in [5, 5.41) is 10.5. The molecule has 0 radical (unpaired) electrons. The fraction of sp³-hybridized carbons (Fsp3) is 0.0769. The summed E-state index contributed by atoms with van der Waals surface area (Å²) >= 11 is 0. The lowest BCUT2D eigenvalue weighted by molar-refractivity contribution is -0.419. The van der Waals surface area contributed by atoms with Crippen LogP contribution in [0.25, 0.3) is 0 Å². The van der Waals surface area contributed by atoms with Crippen LogP contribution in [0, 0.1) is 10.1 Å². The molecule has 0 N–H and O–H groups in total. The average molecular weight is 217 g/mol. The Morgan fingerprint density at radius 1 is 1.19 bits per heavy atom. The normalized spacial score (nSPS) is 11.2. The van der Waals surface area contributed by atoms with Crippen LogP contribution in [0.2, 0.25) is 0 Å². The van der Waals surface area contributed by atoms with E-state index in [4.69, 9.17) is 0 Å². The smallest absolute Gasteiger partial charge is 0.258 e. The molecule has 84 valence electrons. The molecule has 0 rings (SSSR count). The molecule has 0 aromatic carbocycles. The number of hydrogen-bond donors (Lipinski definition) is 0. The van der Waals surface area contributed by atoms with Gasteiger partial charge < -0.3 is 0 Å². The molecule has 0 spiro atoms. The number of rotatable bonds is 6. The van der Waals surface area contributed by atoms with E-state index in [9.17, 15) is 10.1 Å². The monoisotopic (exact) mass is 217 g/mol. The molecule has 16 heavy (non-hydrogen) atoms. The third-order valence-electron chi connectivity index (χ3n) is 1.72. The summed E-state index contributed by atoms with van der Waals surface area (Å²) in [4.78, 5) is 10.00. The minimum absolute atomic E-state index is 0.102. The molecule has 0 amide bonds. The number of hydrogen-bond acceptors (Lipinski definition) is 2. The van der Waals surface area contributed by atoms with Crippen molar-refractivity contribution in [3.63, 3.8) is 0 Å². The summed E-state index contributed by atoms with van der Waals surface area (Å²) in [6.07, 6.45) is 5.97. The van der Waals surface area contributed by atoms with E-state index in [-0.39, 0.29) is 5.70 Å². The molecule has 0 heterocycles. The van der Waals surface area contributed by atoms with Crippen molar-refractivity contribution in [3.8, 4) is 0 Å². The molecule has 0 aliphatic rings. The lowest BCUT2D eigenvalue weighted by atomic mass is 10.1. The lowest BCUT2D eigenvalue weighted by Gasteiger charge is -1.98. The van der Waals surface area contributed by atoms with Gasteiger partial charge in [0, 0.05) is 12.2 Å². The Labute approximate surface area is 95.6 Å². The zero-order valence-corrected chi connectivity index (χ0v) is 9.40. The van der Waals surface area contributed by atoms with Gasteiger partial charge >= 0.3 is 0 Å². The number of nitrogens with zero attached hydrogens (tertiary/aromatic N) is 1. The van der Waals surface area contributed by atoms with Gasteiger partial charge in [0.2, 0.25) is 0 Å². The summed E-state index contributed by atoms with van der Waals surface area (Å²) in [5.41, 5.74) is 1.85. The van der Waals surface area contributed by atoms with Crippen molar-refractivity contribution in [2.75, 3.05) is 0 Å². The zero-order chi connectivity index (χ0) is 12.7. The molecule has 0 unspecified atom stereocenters. The summed E-state index contributed by atoms with van der Waals surface area (Å²) < 4.78 is 0. The van der Waals surface area contributed by atoms with Gasteiger partial charge in [0.1, 0.15) is 0 Å². The van der Waals surface area contributed by atoms with Crippen LogP contribution in [-0.2, 0) is 0 Å². The third-order valence-corrected chi connectivity index (χ3v) is 1.72. The maximum atomic E-state index is 10.5. The van der Waals surface area contributed by atoms with Crippen molar-refractivity contribution in [1.29, 1.82) is 0 Å². The van der Waals surface area contributed by atoms with Gasteiger partial charge in [0.15, 0.2) is 0 Å². The van der Waals surface area contributed by atoms with Crippen molar-refractivity contribution in [3.05, 3.63) is 83.2 Å². The second-order valence-electron chi connectivity index (χ2n) is 3.26.